The summed E-state index contributed by atoms with van der Waals surface area (Å²) in [5.41, 5.74) is 2.05. The molecule has 3 fully saturated rings. The Balaban J connectivity index is 0.00000204. The largest absolute Gasteiger partial charge is 2.00 e. The molecule has 6 heteroatoms. The second-order valence-corrected chi connectivity index (χ2v) is 13.7. The summed E-state index contributed by atoms with van der Waals surface area (Å²) in [5.74, 6) is 4.83. The molecule has 3 saturated carbocycles. The zero-order valence-electron chi connectivity index (χ0n) is 23.7. The molecule has 0 saturated heterocycles. The monoisotopic (exact) mass is 508 g/mol. The van der Waals surface area contributed by atoms with Gasteiger partial charge in [0.25, 0.3) is 0 Å². The Morgan fingerprint density at radius 1 is 1.09 bits per heavy atom. The van der Waals surface area contributed by atoms with Gasteiger partial charge >= 0.3 is 48.1 Å². The molecule has 1 N–H and O–H groups in total. The van der Waals surface area contributed by atoms with Gasteiger partial charge in [-0.15, -0.1) is 0 Å². The van der Waals surface area contributed by atoms with Crippen LogP contribution < -0.4 is 0 Å². The minimum absolute atomic E-state index is 0. The van der Waals surface area contributed by atoms with Gasteiger partial charge in [0, 0.05) is 0 Å². The fourth-order valence-corrected chi connectivity index (χ4v) is 9.41. The van der Waals surface area contributed by atoms with Crippen LogP contribution in [0.4, 0.5) is 0 Å². The Bertz CT molecular complexity index is 835. The quantitative estimate of drug-likeness (QED) is 0.227. The van der Waals surface area contributed by atoms with Gasteiger partial charge < -0.3 is 2.85 Å². The molecule has 0 heterocycles. The molecule has 33 heavy (non-hydrogen) atoms. The average molecular weight is 509 g/mol. The third-order valence-electron chi connectivity index (χ3n) is 10.5. The smallest absolute Gasteiger partial charge is 1.00 e. The Hall–Kier alpha value is 0.870. The van der Waals surface area contributed by atoms with E-state index in [0.29, 0.717) is 24.2 Å². The van der Waals surface area contributed by atoms with Gasteiger partial charge in [-0.2, -0.15) is 8.42 Å². The maximum Gasteiger partial charge on any atom is 2.00 e. The van der Waals surface area contributed by atoms with Crippen molar-refractivity contribution in [1.29, 1.82) is 0 Å². The van der Waals surface area contributed by atoms with Crippen LogP contribution in [0, 0.1) is 46.3 Å². The fraction of sp³-hybridized carbons (Fsp3) is 0.926. The van der Waals surface area contributed by atoms with Crippen LogP contribution >= 0.6 is 0 Å². The summed E-state index contributed by atoms with van der Waals surface area (Å²) in [5, 5.41) is 0. The van der Waals surface area contributed by atoms with Crippen molar-refractivity contribution in [3.05, 3.63) is 11.6 Å². The van der Waals surface area contributed by atoms with E-state index < -0.39 is 16.5 Å². The van der Waals surface area contributed by atoms with E-state index in [1.807, 2.05) is 0 Å². The molecule has 0 spiro atoms. The van der Waals surface area contributed by atoms with Crippen LogP contribution in [0.25, 0.3) is 0 Å². The Labute approximate surface area is 236 Å². The predicted molar refractivity (Wildman–Crippen MR) is 137 cm³/mol. The Kier molecular flexibility index (Phi) is 9.22. The van der Waals surface area contributed by atoms with Crippen LogP contribution in [0.1, 0.15) is 108 Å². The van der Waals surface area contributed by atoms with E-state index in [1.165, 1.54) is 50.5 Å². The van der Waals surface area contributed by atoms with Crippen LogP contribution in [0.15, 0.2) is 11.6 Å². The van der Waals surface area contributed by atoms with E-state index in [1.54, 1.807) is 0 Å². The molecule has 4 rings (SSSR count). The van der Waals surface area contributed by atoms with Crippen molar-refractivity contribution >= 4 is 48.1 Å². The van der Waals surface area contributed by atoms with E-state index >= 15 is 0 Å². The van der Waals surface area contributed by atoms with E-state index in [9.17, 15) is 8.42 Å². The number of fused-ring (bicyclic) bond motifs is 5. The molecule has 4 nitrogen and oxygen atoms in total. The first kappa shape index (κ1) is 28.4. The average Bonchev–Trinajstić information content (AvgIpc) is 3.04. The van der Waals surface area contributed by atoms with Crippen LogP contribution in [0.3, 0.4) is 0 Å². The molecule has 0 radical (unpaired) electrons. The van der Waals surface area contributed by atoms with Gasteiger partial charge in [-0.3, -0.25) is 4.55 Å². The van der Waals surface area contributed by atoms with E-state index in [2.05, 4.69) is 40.7 Å². The summed E-state index contributed by atoms with van der Waals surface area (Å²) in [7, 11) is -4.38. The minimum atomic E-state index is -4.38. The fourth-order valence-electron chi connectivity index (χ4n) is 8.91. The molecular formula is C27H48CaO4S. The SMILES string of the molecule is CC(C)CCC[C@@H](C)[C@H]1CC[C@H]2[C@@H]3CC=C4C[C@@H](OS(=O)(=O)O)CC[C@]4(C)[C@H]3CC[C@]12C.[Ca+2].[H-].[H-]. The van der Waals surface area contributed by atoms with Gasteiger partial charge in [-0.1, -0.05) is 65.5 Å². The van der Waals surface area contributed by atoms with Crippen LogP contribution in [0.5, 0.6) is 0 Å². The number of allylic oxidation sites excluding steroid dienone is 1. The zero-order valence-corrected chi connectivity index (χ0v) is 24.7. The van der Waals surface area contributed by atoms with Crippen LogP contribution in [0.2, 0.25) is 0 Å². The van der Waals surface area contributed by atoms with Crippen molar-refractivity contribution in [2.75, 3.05) is 0 Å². The van der Waals surface area contributed by atoms with Crippen molar-refractivity contribution in [3.8, 4) is 0 Å². The molecular weight excluding hydrogens is 460 g/mol. The summed E-state index contributed by atoms with van der Waals surface area (Å²) in [4.78, 5) is 0. The maximum absolute atomic E-state index is 11.2. The summed E-state index contributed by atoms with van der Waals surface area (Å²) in [6, 6.07) is 0. The zero-order chi connectivity index (χ0) is 23.3. The molecule has 8 atom stereocenters. The standard InChI is InChI=1S/C27H46O4S.Ca.2H/c1-18(2)7-6-8-19(3)23-11-12-24-22-10-9-20-17-21(31-32(28,29)30)13-15-26(20,4)25(22)14-16-27(23,24)5;;;/h9,18-19,21-25H,6-8,10-17H2,1-5H3,(H,28,29,30);;;/q;+2;2*-1/t19-,21+,22+,23-,24+,25+,26+,27-;;;/m1.../s1. The Morgan fingerprint density at radius 3 is 2.48 bits per heavy atom. The van der Waals surface area contributed by atoms with Crippen molar-refractivity contribution < 1.29 is 20.0 Å². The minimum Gasteiger partial charge on any atom is -1.00 e. The van der Waals surface area contributed by atoms with Crippen LogP contribution in [-0.4, -0.2) is 56.8 Å². The molecule has 0 aromatic carbocycles. The van der Waals surface area contributed by atoms with Crippen molar-refractivity contribution in [2.24, 2.45) is 46.3 Å². The molecule has 0 bridgehead atoms. The number of rotatable bonds is 7. The van der Waals surface area contributed by atoms with Crippen molar-refractivity contribution in [3.63, 3.8) is 0 Å². The van der Waals surface area contributed by atoms with E-state index in [-0.39, 0.29) is 46.0 Å². The third-order valence-corrected chi connectivity index (χ3v) is 11.0. The van der Waals surface area contributed by atoms with E-state index in [4.69, 9.17) is 8.74 Å². The first-order valence-corrected chi connectivity index (χ1v) is 14.7. The van der Waals surface area contributed by atoms with Gasteiger partial charge in [0.2, 0.25) is 0 Å². The summed E-state index contributed by atoms with van der Waals surface area (Å²) in [6.45, 7) is 12.3. The first-order valence-electron chi connectivity index (χ1n) is 13.3. The first-order chi connectivity index (χ1) is 14.9. The predicted octanol–water partition coefficient (Wildman–Crippen LogP) is 7.06. The summed E-state index contributed by atoms with van der Waals surface area (Å²) >= 11 is 0. The molecule has 0 unspecified atom stereocenters. The molecule has 4 aliphatic carbocycles. The summed E-state index contributed by atoms with van der Waals surface area (Å²) < 4.78 is 36.6. The summed E-state index contributed by atoms with van der Waals surface area (Å²) in [6.07, 6.45) is 15.1. The van der Waals surface area contributed by atoms with Gasteiger partial charge in [-0.25, -0.2) is 4.18 Å². The molecule has 0 aliphatic heterocycles. The molecule has 4 aliphatic rings. The van der Waals surface area contributed by atoms with Gasteiger partial charge in [0.1, 0.15) is 0 Å². The van der Waals surface area contributed by atoms with Gasteiger partial charge in [0.05, 0.1) is 6.10 Å². The van der Waals surface area contributed by atoms with Crippen LogP contribution in [-0.2, 0) is 14.6 Å². The molecule has 0 amide bonds. The van der Waals surface area contributed by atoms with Crippen molar-refractivity contribution in [1.82, 2.24) is 0 Å². The third kappa shape index (κ3) is 5.74. The number of hydrogen-bond donors (Lipinski definition) is 1. The molecule has 0 aromatic rings. The van der Waals surface area contributed by atoms with Gasteiger partial charge in [-0.05, 0) is 97.7 Å². The van der Waals surface area contributed by atoms with Gasteiger partial charge in [0.15, 0.2) is 0 Å². The molecule has 188 valence electrons. The second-order valence-electron chi connectivity index (χ2n) is 12.7. The van der Waals surface area contributed by atoms with E-state index in [0.717, 1.165) is 42.4 Å². The van der Waals surface area contributed by atoms with Crippen molar-refractivity contribution in [2.45, 2.75) is 111 Å². The Morgan fingerprint density at radius 2 is 1.82 bits per heavy atom. The molecule has 0 aromatic heterocycles. The maximum atomic E-state index is 11.2. The number of hydrogen-bond acceptors (Lipinski definition) is 3. The topological polar surface area (TPSA) is 63.6 Å². The normalized spacial score (nSPS) is 41.4. The second kappa shape index (κ2) is 10.7.